The summed E-state index contributed by atoms with van der Waals surface area (Å²) in [6.45, 7) is 6.80. The first-order chi connectivity index (χ1) is 14.2. The van der Waals surface area contributed by atoms with E-state index in [0.29, 0.717) is 6.61 Å². The van der Waals surface area contributed by atoms with Gasteiger partial charge in [-0.3, -0.25) is 9.89 Å². The highest BCUT2D eigenvalue weighted by atomic mass is 16.5. The highest BCUT2D eigenvalue weighted by molar-refractivity contribution is 5.79. The van der Waals surface area contributed by atoms with Gasteiger partial charge in [0.05, 0.1) is 19.8 Å². The van der Waals surface area contributed by atoms with Crippen LogP contribution in [0.5, 0.6) is 5.75 Å². The molecular formula is C23H32N4O2. The van der Waals surface area contributed by atoms with Crippen LogP contribution in [-0.2, 0) is 17.8 Å². The van der Waals surface area contributed by atoms with Crippen molar-refractivity contribution in [2.45, 2.75) is 13.1 Å². The molecule has 1 saturated heterocycles. The van der Waals surface area contributed by atoms with E-state index in [2.05, 4.69) is 44.4 Å². The quantitative estimate of drug-likeness (QED) is 0.549. The summed E-state index contributed by atoms with van der Waals surface area (Å²) >= 11 is 0. The molecule has 0 radical (unpaired) electrons. The summed E-state index contributed by atoms with van der Waals surface area (Å²) in [5.41, 5.74) is 2.58. The fourth-order valence-corrected chi connectivity index (χ4v) is 3.27. The van der Waals surface area contributed by atoms with Gasteiger partial charge in [-0.05, 0) is 23.3 Å². The lowest BCUT2D eigenvalue weighted by molar-refractivity contribution is 0.0342. The second kappa shape index (κ2) is 11.4. The Morgan fingerprint density at radius 2 is 1.76 bits per heavy atom. The van der Waals surface area contributed by atoms with Gasteiger partial charge >= 0.3 is 0 Å². The molecule has 1 N–H and O–H groups in total. The number of aliphatic imine (C=N–C) groups is 1. The molecule has 1 fully saturated rings. The van der Waals surface area contributed by atoms with Gasteiger partial charge in [0.15, 0.2) is 5.96 Å². The first-order valence-electron chi connectivity index (χ1n) is 10.2. The normalized spacial score (nSPS) is 15.2. The first kappa shape index (κ1) is 21.1. The van der Waals surface area contributed by atoms with E-state index in [0.717, 1.165) is 57.6 Å². The largest absolute Gasteiger partial charge is 0.492 e. The van der Waals surface area contributed by atoms with E-state index in [-0.39, 0.29) is 0 Å². The number of hydrogen-bond donors (Lipinski definition) is 1. The van der Waals surface area contributed by atoms with E-state index >= 15 is 0 Å². The summed E-state index contributed by atoms with van der Waals surface area (Å²) in [6.07, 6.45) is 0. The molecule has 0 atom stereocenters. The number of hydrogen-bond acceptors (Lipinski definition) is 4. The van der Waals surface area contributed by atoms with E-state index in [9.17, 15) is 0 Å². The molecule has 0 aromatic heterocycles. The molecule has 3 rings (SSSR count). The summed E-state index contributed by atoms with van der Waals surface area (Å²) in [4.78, 5) is 8.90. The maximum atomic E-state index is 5.77. The molecule has 2 aromatic rings. The van der Waals surface area contributed by atoms with Crippen molar-refractivity contribution in [3.63, 3.8) is 0 Å². The van der Waals surface area contributed by atoms with E-state index in [1.165, 1.54) is 11.1 Å². The monoisotopic (exact) mass is 396 g/mol. The average molecular weight is 397 g/mol. The lowest BCUT2D eigenvalue weighted by Gasteiger charge is -2.26. The number of para-hydroxylation sites is 1. The van der Waals surface area contributed by atoms with Gasteiger partial charge in [-0.1, -0.05) is 42.5 Å². The van der Waals surface area contributed by atoms with Crippen LogP contribution >= 0.6 is 0 Å². The molecule has 6 nitrogen and oxygen atoms in total. The molecule has 0 aliphatic carbocycles. The third-order valence-electron chi connectivity index (χ3n) is 5.00. The van der Waals surface area contributed by atoms with Gasteiger partial charge < -0.3 is 19.7 Å². The molecule has 2 aromatic carbocycles. The Labute approximate surface area is 174 Å². The lowest BCUT2D eigenvalue weighted by atomic mass is 10.1. The number of benzene rings is 2. The van der Waals surface area contributed by atoms with E-state index < -0.39 is 0 Å². The van der Waals surface area contributed by atoms with Crippen LogP contribution in [0.4, 0.5) is 0 Å². The van der Waals surface area contributed by atoms with Crippen LogP contribution in [0, 0.1) is 0 Å². The van der Waals surface area contributed by atoms with Crippen LogP contribution in [0.1, 0.15) is 11.1 Å². The van der Waals surface area contributed by atoms with Gasteiger partial charge in [0.1, 0.15) is 12.4 Å². The summed E-state index contributed by atoms with van der Waals surface area (Å²) in [6, 6.07) is 18.7. The highest BCUT2D eigenvalue weighted by Crippen LogP contribution is 2.10. The molecule has 0 spiro atoms. The fraction of sp³-hybridized carbons (Fsp3) is 0.435. The number of guanidine groups is 1. The van der Waals surface area contributed by atoms with Crippen molar-refractivity contribution in [3.05, 3.63) is 65.7 Å². The van der Waals surface area contributed by atoms with Crippen molar-refractivity contribution in [3.8, 4) is 5.75 Å². The topological polar surface area (TPSA) is 49.3 Å². The van der Waals surface area contributed by atoms with Crippen molar-refractivity contribution in [2.75, 3.05) is 53.6 Å². The minimum absolute atomic E-state index is 0.609. The van der Waals surface area contributed by atoms with Gasteiger partial charge in [-0.25, -0.2) is 0 Å². The van der Waals surface area contributed by atoms with Gasteiger partial charge in [-0.2, -0.15) is 0 Å². The molecule has 0 amide bonds. The molecule has 6 heteroatoms. The summed E-state index contributed by atoms with van der Waals surface area (Å²) in [7, 11) is 3.83. The van der Waals surface area contributed by atoms with Crippen LogP contribution in [-0.4, -0.2) is 69.3 Å². The third-order valence-corrected chi connectivity index (χ3v) is 5.00. The van der Waals surface area contributed by atoms with Crippen molar-refractivity contribution in [1.82, 2.24) is 15.1 Å². The van der Waals surface area contributed by atoms with E-state index in [4.69, 9.17) is 9.47 Å². The van der Waals surface area contributed by atoms with Crippen LogP contribution in [0.15, 0.2) is 59.6 Å². The molecule has 0 bridgehead atoms. The molecule has 1 aliphatic rings. The van der Waals surface area contributed by atoms with Gasteiger partial charge in [0.2, 0.25) is 0 Å². The molecule has 0 saturated carbocycles. The van der Waals surface area contributed by atoms with Crippen molar-refractivity contribution in [1.29, 1.82) is 0 Å². The predicted octanol–water partition coefficient (Wildman–Crippen LogP) is 2.61. The fourth-order valence-electron chi connectivity index (χ4n) is 3.27. The predicted molar refractivity (Wildman–Crippen MR) is 117 cm³/mol. The average Bonchev–Trinajstić information content (AvgIpc) is 2.77. The maximum Gasteiger partial charge on any atom is 0.193 e. The second-order valence-corrected chi connectivity index (χ2v) is 7.19. The van der Waals surface area contributed by atoms with E-state index in [1.54, 1.807) is 0 Å². The minimum Gasteiger partial charge on any atom is -0.492 e. The van der Waals surface area contributed by atoms with Gasteiger partial charge in [0.25, 0.3) is 0 Å². The molecular weight excluding hydrogens is 364 g/mol. The third kappa shape index (κ3) is 7.07. The summed E-state index contributed by atoms with van der Waals surface area (Å²) < 4.78 is 11.2. The molecule has 1 heterocycles. The number of nitrogens with zero attached hydrogens (tertiary/aromatic N) is 3. The number of ether oxygens (including phenoxy) is 2. The lowest BCUT2D eigenvalue weighted by Crippen LogP contribution is -2.40. The Bertz CT molecular complexity index is 743. The molecule has 0 unspecified atom stereocenters. The minimum atomic E-state index is 0.609. The molecule has 156 valence electrons. The Morgan fingerprint density at radius 3 is 2.45 bits per heavy atom. The Balaban J connectivity index is 1.41. The van der Waals surface area contributed by atoms with Gasteiger partial charge in [0, 0.05) is 40.3 Å². The zero-order chi connectivity index (χ0) is 20.3. The standard InChI is InChI=1S/C23H32N4O2/c1-24-23(26(2)12-17-29-22-6-4-3-5-7-22)25-18-20-8-10-21(11-9-20)19-27-13-15-28-16-14-27/h3-11H,12-19H2,1-2H3,(H,24,25). The van der Waals surface area contributed by atoms with Crippen LogP contribution in [0.25, 0.3) is 0 Å². The van der Waals surface area contributed by atoms with Crippen LogP contribution in [0.2, 0.25) is 0 Å². The zero-order valence-corrected chi connectivity index (χ0v) is 17.5. The van der Waals surface area contributed by atoms with Crippen molar-refractivity contribution in [2.24, 2.45) is 4.99 Å². The maximum absolute atomic E-state index is 5.77. The molecule has 29 heavy (non-hydrogen) atoms. The molecule has 1 aliphatic heterocycles. The van der Waals surface area contributed by atoms with Crippen LogP contribution < -0.4 is 10.1 Å². The van der Waals surface area contributed by atoms with E-state index in [1.807, 2.05) is 44.4 Å². The Morgan fingerprint density at radius 1 is 1.07 bits per heavy atom. The number of rotatable bonds is 8. The number of likely N-dealkylation sites (N-methyl/N-ethyl adjacent to an activating group) is 1. The number of nitrogens with one attached hydrogen (secondary N) is 1. The Hall–Kier alpha value is -2.57. The highest BCUT2D eigenvalue weighted by Gasteiger charge is 2.11. The van der Waals surface area contributed by atoms with Crippen LogP contribution in [0.3, 0.4) is 0 Å². The Kier molecular flexibility index (Phi) is 8.34. The SMILES string of the molecule is CN=C(NCc1ccc(CN2CCOCC2)cc1)N(C)CCOc1ccccc1. The number of morpholine rings is 1. The summed E-state index contributed by atoms with van der Waals surface area (Å²) in [5, 5.41) is 3.43. The van der Waals surface area contributed by atoms with Crippen molar-refractivity contribution >= 4 is 5.96 Å². The summed E-state index contributed by atoms with van der Waals surface area (Å²) in [5.74, 6) is 1.75. The zero-order valence-electron chi connectivity index (χ0n) is 17.5. The first-order valence-corrected chi connectivity index (χ1v) is 10.2. The smallest absolute Gasteiger partial charge is 0.193 e. The van der Waals surface area contributed by atoms with Crippen molar-refractivity contribution < 1.29 is 9.47 Å². The second-order valence-electron chi connectivity index (χ2n) is 7.19. The van der Waals surface area contributed by atoms with Gasteiger partial charge in [-0.15, -0.1) is 0 Å².